The third-order valence-electron chi connectivity index (χ3n) is 7.45. The zero-order valence-electron chi connectivity index (χ0n) is 22.0. The van der Waals surface area contributed by atoms with E-state index < -0.39 is 5.97 Å². The van der Waals surface area contributed by atoms with Gasteiger partial charge in [0, 0.05) is 54.2 Å². The average Bonchev–Trinajstić information content (AvgIpc) is 3.53. The molecule has 5 aromatic rings. The predicted molar refractivity (Wildman–Crippen MR) is 155 cm³/mol. The van der Waals surface area contributed by atoms with Crippen molar-refractivity contribution in [3.63, 3.8) is 0 Å². The Labute approximate surface area is 230 Å². The molecule has 1 aliphatic rings. The van der Waals surface area contributed by atoms with Crippen LogP contribution >= 0.6 is 0 Å². The number of aromatic nitrogens is 2. The van der Waals surface area contributed by atoms with Gasteiger partial charge < -0.3 is 20.1 Å². The van der Waals surface area contributed by atoms with Crippen LogP contribution in [0.3, 0.4) is 0 Å². The maximum absolute atomic E-state index is 13.1. The second-order valence-corrected chi connectivity index (χ2v) is 10.1. The van der Waals surface area contributed by atoms with Gasteiger partial charge in [0.25, 0.3) is 0 Å². The van der Waals surface area contributed by atoms with E-state index >= 15 is 0 Å². The molecule has 0 bridgehead atoms. The summed E-state index contributed by atoms with van der Waals surface area (Å²) in [7, 11) is 2.09. The van der Waals surface area contributed by atoms with Crippen LogP contribution in [-0.2, 0) is 0 Å². The van der Waals surface area contributed by atoms with Gasteiger partial charge in [-0.2, -0.15) is 0 Å². The molecule has 2 aromatic heterocycles. The Morgan fingerprint density at radius 1 is 0.925 bits per heavy atom. The van der Waals surface area contributed by atoms with Crippen molar-refractivity contribution in [3.8, 4) is 5.88 Å². The van der Waals surface area contributed by atoms with Crippen molar-refractivity contribution < 1.29 is 19.8 Å². The van der Waals surface area contributed by atoms with E-state index in [2.05, 4.69) is 21.8 Å². The van der Waals surface area contributed by atoms with E-state index in [-0.39, 0.29) is 17.4 Å². The van der Waals surface area contributed by atoms with Crippen LogP contribution in [0.5, 0.6) is 5.88 Å². The molecule has 1 fully saturated rings. The predicted octanol–water partition coefficient (Wildman–Crippen LogP) is 4.58. The number of carbonyl (C=O) groups is 2. The number of aromatic carboxylic acids is 1. The second kappa shape index (κ2) is 10.4. The number of carbonyl (C=O) groups excluding carboxylic acids is 1. The number of nitrogens with one attached hydrogen (secondary N) is 1. The molecule has 3 N–H and O–H groups in total. The van der Waals surface area contributed by atoms with E-state index in [1.165, 1.54) is 12.1 Å². The highest BCUT2D eigenvalue weighted by Gasteiger charge is 2.21. The number of rotatable bonds is 6. The van der Waals surface area contributed by atoms with Crippen LogP contribution in [0.2, 0.25) is 0 Å². The number of hydrogen-bond acceptors (Lipinski definition) is 6. The molecular weight excluding hydrogens is 506 g/mol. The first-order valence-corrected chi connectivity index (χ1v) is 13.1. The Kier molecular flexibility index (Phi) is 6.67. The summed E-state index contributed by atoms with van der Waals surface area (Å²) >= 11 is 0. The Balaban J connectivity index is 1.38. The van der Waals surface area contributed by atoms with Crippen LogP contribution in [0.25, 0.3) is 21.8 Å². The molecule has 202 valence electrons. The van der Waals surface area contributed by atoms with Gasteiger partial charge in [0.1, 0.15) is 0 Å². The first-order chi connectivity index (χ1) is 19.4. The van der Waals surface area contributed by atoms with Crippen LogP contribution in [-0.4, -0.2) is 86.9 Å². The van der Waals surface area contributed by atoms with Crippen molar-refractivity contribution in [3.05, 3.63) is 95.7 Å². The highest BCUT2D eigenvalue weighted by atomic mass is 16.4. The van der Waals surface area contributed by atoms with Gasteiger partial charge in [0.05, 0.1) is 34.6 Å². The highest BCUT2D eigenvalue weighted by Crippen LogP contribution is 2.33. The smallest absolute Gasteiger partial charge is 0.335 e. The monoisotopic (exact) mass is 535 g/mol. The molecule has 40 heavy (non-hydrogen) atoms. The van der Waals surface area contributed by atoms with Crippen molar-refractivity contribution in [2.24, 2.45) is 4.99 Å². The molecule has 0 saturated carbocycles. The lowest BCUT2D eigenvalue weighted by atomic mass is 10.00. The summed E-state index contributed by atoms with van der Waals surface area (Å²) in [6, 6.07) is 21.8. The number of nitrogens with zero attached hydrogens (tertiary/aromatic N) is 4. The van der Waals surface area contributed by atoms with E-state index in [0.717, 1.165) is 42.6 Å². The van der Waals surface area contributed by atoms with Crippen LogP contribution in [0.1, 0.15) is 26.3 Å². The number of hydrogen-bond donors (Lipinski definition) is 3. The third kappa shape index (κ3) is 4.88. The van der Waals surface area contributed by atoms with E-state index in [0.29, 0.717) is 34.4 Å². The van der Waals surface area contributed by atoms with E-state index in [9.17, 15) is 19.8 Å². The van der Waals surface area contributed by atoms with E-state index in [1.54, 1.807) is 16.8 Å². The molecule has 3 heterocycles. The standard InChI is InChI=1S/C31H29N5O4/c1-34-13-15-35(16-14-34)19-27(37)36-12-11-21-17-23(8-10-26(21)36)32-29(20-5-3-2-4-6-20)28-24-9-7-22(31(39)40)18-25(24)33-30(28)38/h2-12,17-18,33,38H,13-16,19H2,1H3,(H,39,40). The number of piperazine rings is 1. The maximum Gasteiger partial charge on any atom is 0.335 e. The third-order valence-corrected chi connectivity index (χ3v) is 7.45. The molecule has 9 heteroatoms. The Morgan fingerprint density at radius 2 is 1.70 bits per heavy atom. The normalized spacial score (nSPS) is 15.2. The van der Waals surface area contributed by atoms with Gasteiger partial charge in [-0.25, -0.2) is 9.79 Å². The van der Waals surface area contributed by atoms with Crippen molar-refractivity contribution >= 4 is 45.1 Å². The molecule has 0 aliphatic carbocycles. The van der Waals surface area contributed by atoms with Gasteiger partial charge in [0.2, 0.25) is 5.91 Å². The quantitative estimate of drug-likeness (QED) is 0.274. The summed E-state index contributed by atoms with van der Waals surface area (Å²) in [4.78, 5) is 36.9. The molecule has 0 atom stereocenters. The molecule has 0 spiro atoms. The molecular formula is C31H29N5O4. The Bertz CT molecular complexity index is 1760. The van der Waals surface area contributed by atoms with Gasteiger partial charge in [-0.05, 0) is 43.4 Å². The van der Waals surface area contributed by atoms with E-state index in [4.69, 9.17) is 4.99 Å². The number of fused-ring (bicyclic) bond motifs is 2. The summed E-state index contributed by atoms with van der Waals surface area (Å²) in [5, 5.41) is 21.9. The molecule has 1 aliphatic heterocycles. The number of benzene rings is 3. The van der Waals surface area contributed by atoms with Gasteiger partial charge in [0.15, 0.2) is 5.88 Å². The van der Waals surface area contributed by atoms with Crippen molar-refractivity contribution in [1.29, 1.82) is 0 Å². The zero-order chi connectivity index (χ0) is 27.8. The second-order valence-electron chi connectivity index (χ2n) is 10.1. The van der Waals surface area contributed by atoms with Crippen molar-refractivity contribution in [1.82, 2.24) is 19.4 Å². The van der Waals surface area contributed by atoms with Gasteiger partial charge in [-0.1, -0.05) is 36.4 Å². The van der Waals surface area contributed by atoms with Gasteiger partial charge >= 0.3 is 5.97 Å². The van der Waals surface area contributed by atoms with Crippen LogP contribution in [0.15, 0.2) is 84.0 Å². The largest absolute Gasteiger partial charge is 0.494 e. The summed E-state index contributed by atoms with van der Waals surface area (Å²) in [5.41, 5.74) is 3.91. The topological polar surface area (TPSA) is 114 Å². The molecule has 0 radical (unpaired) electrons. The minimum absolute atomic E-state index is 0.0326. The number of H-pyrrole nitrogens is 1. The van der Waals surface area contributed by atoms with Gasteiger partial charge in [-0.3, -0.25) is 14.3 Å². The lowest BCUT2D eigenvalue weighted by molar-refractivity contribution is 0.0696. The number of likely N-dealkylation sites (N-methyl/N-ethyl adjacent to an activating group) is 1. The zero-order valence-corrected chi connectivity index (χ0v) is 22.0. The molecule has 6 rings (SSSR count). The maximum atomic E-state index is 13.1. The van der Waals surface area contributed by atoms with Crippen molar-refractivity contribution in [2.45, 2.75) is 0 Å². The number of carboxylic acids is 1. The van der Waals surface area contributed by atoms with E-state index in [1.807, 2.05) is 54.6 Å². The molecule has 3 aromatic carbocycles. The summed E-state index contributed by atoms with van der Waals surface area (Å²) in [6.45, 7) is 4.04. The first kappa shape index (κ1) is 25.5. The Morgan fingerprint density at radius 3 is 2.45 bits per heavy atom. The highest BCUT2D eigenvalue weighted by molar-refractivity contribution is 6.22. The average molecular weight is 536 g/mol. The lowest BCUT2D eigenvalue weighted by Crippen LogP contribution is -2.46. The van der Waals surface area contributed by atoms with Crippen molar-refractivity contribution in [2.75, 3.05) is 39.8 Å². The van der Waals surface area contributed by atoms with Crippen LogP contribution in [0.4, 0.5) is 5.69 Å². The summed E-state index contributed by atoms with van der Waals surface area (Å²) < 4.78 is 1.70. The minimum atomic E-state index is -1.04. The molecule has 0 amide bonds. The lowest BCUT2D eigenvalue weighted by Gasteiger charge is -2.31. The number of carboxylic acid groups (broad SMARTS) is 1. The number of aromatic hydroxyl groups is 1. The fourth-order valence-corrected chi connectivity index (χ4v) is 5.24. The van der Waals surface area contributed by atoms with Crippen LogP contribution in [0, 0.1) is 0 Å². The SMILES string of the molecule is CN1CCN(CC(=O)n2ccc3cc(N=C(c4ccccc4)c4c(O)[nH]c5cc(C(=O)O)ccc45)ccc32)CC1. The number of aliphatic imine (C=N–C) groups is 1. The minimum Gasteiger partial charge on any atom is -0.494 e. The fourth-order valence-electron chi connectivity index (χ4n) is 5.24. The molecule has 1 saturated heterocycles. The summed E-state index contributed by atoms with van der Waals surface area (Å²) in [5.74, 6) is -1.11. The fraction of sp³-hybridized carbons (Fsp3) is 0.194. The summed E-state index contributed by atoms with van der Waals surface area (Å²) in [6.07, 6.45) is 1.81. The van der Waals surface area contributed by atoms with Gasteiger partial charge in [-0.15, -0.1) is 0 Å². The Hall–Kier alpha value is -4.73. The molecule has 0 unspecified atom stereocenters. The first-order valence-electron chi connectivity index (χ1n) is 13.1. The number of aromatic amines is 1. The van der Waals surface area contributed by atoms with Crippen LogP contribution < -0.4 is 0 Å². The molecule has 9 nitrogen and oxygen atoms in total.